The van der Waals surface area contributed by atoms with E-state index in [0.717, 1.165) is 57.1 Å². The van der Waals surface area contributed by atoms with Crippen LogP contribution in [-0.4, -0.2) is 77.2 Å². The number of β-amino-alcohol motifs (C(OH)–C–C–N with tert-alkyl or cyclic N) is 1. The summed E-state index contributed by atoms with van der Waals surface area (Å²) in [5.41, 5.74) is 0.978. The van der Waals surface area contributed by atoms with Gasteiger partial charge in [-0.3, -0.25) is 9.69 Å². The van der Waals surface area contributed by atoms with Crippen molar-refractivity contribution in [3.8, 4) is 0 Å². The van der Waals surface area contributed by atoms with Crippen LogP contribution in [0.15, 0.2) is 48.5 Å². The maximum atomic E-state index is 13.1. The summed E-state index contributed by atoms with van der Waals surface area (Å²) in [6, 6.07) is 16.3. The van der Waals surface area contributed by atoms with Crippen molar-refractivity contribution in [3.63, 3.8) is 0 Å². The van der Waals surface area contributed by atoms with Crippen LogP contribution >= 0.6 is 0 Å². The number of amides is 1. The van der Waals surface area contributed by atoms with Crippen molar-refractivity contribution in [1.29, 1.82) is 0 Å². The number of hydrogen-bond acceptors (Lipinski definition) is 5. The molecule has 6 nitrogen and oxygen atoms in total. The van der Waals surface area contributed by atoms with Crippen molar-refractivity contribution < 1.29 is 9.90 Å². The van der Waals surface area contributed by atoms with Crippen LogP contribution in [0.1, 0.15) is 24.1 Å². The van der Waals surface area contributed by atoms with Gasteiger partial charge in [0, 0.05) is 51.5 Å². The molecule has 1 aromatic carbocycles. The first-order chi connectivity index (χ1) is 14.5. The van der Waals surface area contributed by atoms with Gasteiger partial charge in [-0.1, -0.05) is 36.4 Å². The number of benzene rings is 1. The van der Waals surface area contributed by atoms with E-state index in [1.54, 1.807) is 0 Å². The SMILES string of the molecule is Cc1cccc(N2CCN(C[C@@]3(O)CCCN(CCc4ccccc4)C3=O)CC2)n1. The molecule has 2 aliphatic heterocycles. The van der Waals surface area contributed by atoms with Crippen molar-refractivity contribution in [1.82, 2.24) is 14.8 Å². The van der Waals surface area contributed by atoms with E-state index in [9.17, 15) is 9.90 Å². The molecule has 1 aromatic heterocycles. The zero-order valence-electron chi connectivity index (χ0n) is 17.8. The van der Waals surface area contributed by atoms with Gasteiger partial charge in [0.25, 0.3) is 5.91 Å². The predicted molar refractivity (Wildman–Crippen MR) is 119 cm³/mol. The van der Waals surface area contributed by atoms with Gasteiger partial charge in [-0.25, -0.2) is 4.98 Å². The molecule has 0 bridgehead atoms. The number of pyridine rings is 1. The summed E-state index contributed by atoms with van der Waals surface area (Å²) in [4.78, 5) is 24.1. The lowest BCUT2D eigenvalue weighted by Gasteiger charge is -2.43. The summed E-state index contributed by atoms with van der Waals surface area (Å²) in [7, 11) is 0. The molecule has 0 saturated carbocycles. The Labute approximate surface area is 179 Å². The number of piperidine rings is 1. The molecule has 1 N–H and O–H groups in total. The van der Waals surface area contributed by atoms with Crippen molar-refractivity contribution in [2.75, 3.05) is 50.7 Å². The van der Waals surface area contributed by atoms with E-state index in [1.807, 2.05) is 48.2 Å². The van der Waals surface area contributed by atoms with Gasteiger partial charge >= 0.3 is 0 Å². The quantitative estimate of drug-likeness (QED) is 0.793. The Hall–Kier alpha value is -2.44. The number of rotatable bonds is 6. The minimum absolute atomic E-state index is 0.104. The molecular weight excluding hydrogens is 376 g/mol. The molecule has 0 unspecified atom stereocenters. The third-order valence-electron chi connectivity index (χ3n) is 6.27. The van der Waals surface area contributed by atoms with Gasteiger partial charge < -0.3 is 14.9 Å². The molecule has 4 rings (SSSR count). The van der Waals surface area contributed by atoms with Gasteiger partial charge in [-0.05, 0) is 43.9 Å². The monoisotopic (exact) mass is 408 g/mol. The molecule has 0 spiro atoms. The van der Waals surface area contributed by atoms with Crippen LogP contribution < -0.4 is 4.90 Å². The Balaban J connectivity index is 1.31. The van der Waals surface area contributed by atoms with Crippen LogP contribution in [-0.2, 0) is 11.2 Å². The summed E-state index contributed by atoms with van der Waals surface area (Å²) in [6.07, 6.45) is 2.22. The maximum Gasteiger partial charge on any atom is 0.255 e. The van der Waals surface area contributed by atoms with Gasteiger partial charge in [0.1, 0.15) is 5.82 Å². The van der Waals surface area contributed by atoms with Gasteiger partial charge in [-0.15, -0.1) is 0 Å². The first kappa shape index (κ1) is 20.8. The molecule has 30 heavy (non-hydrogen) atoms. The topological polar surface area (TPSA) is 59.9 Å². The van der Waals surface area contributed by atoms with E-state index in [-0.39, 0.29) is 5.91 Å². The zero-order chi connectivity index (χ0) is 21.0. The highest BCUT2D eigenvalue weighted by atomic mass is 16.3. The van der Waals surface area contributed by atoms with Crippen LogP contribution in [0.3, 0.4) is 0 Å². The number of nitrogens with zero attached hydrogens (tertiary/aromatic N) is 4. The van der Waals surface area contributed by atoms with E-state index >= 15 is 0 Å². The van der Waals surface area contributed by atoms with Crippen LogP contribution in [0.4, 0.5) is 5.82 Å². The molecule has 2 saturated heterocycles. The Morgan fingerprint density at radius 2 is 1.77 bits per heavy atom. The standard InChI is InChI=1S/C24H32N4O2/c1-20-7-5-10-22(25-20)27-17-15-26(16-18-27)19-24(30)12-6-13-28(23(24)29)14-11-21-8-3-2-4-9-21/h2-5,7-10,30H,6,11-19H2,1H3/t24-/m0/s1. The molecule has 2 aromatic rings. The normalized spacial score (nSPS) is 23.1. The lowest BCUT2D eigenvalue weighted by Crippen LogP contribution is -2.60. The number of aliphatic hydroxyl groups is 1. The molecule has 6 heteroatoms. The highest BCUT2D eigenvalue weighted by Gasteiger charge is 2.43. The highest BCUT2D eigenvalue weighted by Crippen LogP contribution is 2.25. The molecule has 0 radical (unpaired) electrons. The average molecular weight is 409 g/mol. The average Bonchev–Trinajstić information content (AvgIpc) is 2.76. The summed E-state index contributed by atoms with van der Waals surface area (Å²) in [6.45, 7) is 7.20. The van der Waals surface area contributed by atoms with E-state index in [4.69, 9.17) is 0 Å². The maximum absolute atomic E-state index is 13.1. The van der Waals surface area contributed by atoms with Crippen LogP contribution in [0, 0.1) is 6.92 Å². The lowest BCUT2D eigenvalue weighted by molar-refractivity contribution is -0.159. The number of likely N-dealkylation sites (tertiary alicyclic amines) is 1. The number of carbonyl (C=O) groups excluding carboxylic acids is 1. The fourth-order valence-corrected chi connectivity index (χ4v) is 4.54. The second kappa shape index (κ2) is 9.14. The minimum atomic E-state index is -1.27. The first-order valence-electron chi connectivity index (χ1n) is 11.0. The first-order valence-corrected chi connectivity index (χ1v) is 11.0. The fraction of sp³-hybridized carbons (Fsp3) is 0.500. The second-order valence-corrected chi connectivity index (χ2v) is 8.56. The van der Waals surface area contributed by atoms with E-state index in [1.165, 1.54) is 5.56 Å². The third-order valence-corrected chi connectivity index (χ3v) is 6.27. The number of carbonyl (C=O) groups is 1. The molecule has 160 valence electrons. The number of piperazine rings is 1. The number of anilines is 1. The minimum Gasteiger partial charge on any atom is -0.379 e. The molecule has 2 aliphatic rings. The van der Waals surface area contributed by atoms with E-state index in [0.29, 0.717) is 19.5 Å². The number of aryl methyl sites for hydroxylation is 1. The smallest absolute Gasteiger partial charge is 0.255 e. The molecule has 1 atom stereocenters. The molecule has 3 heterocycles. The second-order valence-electron chi connectivity index (χ2n) is 8.56. The Morgan fingerprint density at radius 3 is 2.50 bits per heavy atom. The van der Waals surface area contributed by atoms with Gasteiger partial charge in [0.05, 0.1) is 0 Å². The fourth-order valence-electron chi connectivity index (χ4n) is 4.54. The zero-order valence-corrected chi connectivity index (χ0v) is 17.8. The lowest BCUT2D eigenvalue weighted by atomic mass is 9.90. The third kappa shape index (κ3) is 4.82. The number of hydrogen-bond donors (Lipinski definition) is 1. The number of aromatic nitrogens is 1. The summed E-state index contributed by atoms with van der Waals surface area (Å²) < 4.78 is 0. The summed E-state index contributed by atoms with van der Waals surface area (Å²) in [5.74, 6) is 0.904. The molecule has 0 aliphatic carbocycles. The van der Waals surface area contributed by atoms with Crippen LogP contribution in [0.25, 0.3) is 0 Å². The summed E-state index contributed by atoms with van der Waals surface area (Å²) >= 11 is 0. The van der Waals surface area contributed by atoms with Gasteiger partial charge in [-0.2, -0.15) is 0 Å². The van der Waals surface area contributed by atoms with Crippen molar-refractivity contribution in [2.24, 2.45) is 0 Å². The van der Waals surface area contributed by atoms with E-state index < -0.39 is 5.60 Å². The molecular formula is C24H32N4O2. The largest absolute Gasteiger partial charge is 0.379 e. The van der Waals surface area contributed by atoms with Crippen LogP contribution in [0.5, 0.6) is 0 Å². The van der Waals surface area contributed by atoms with Gasteiger partial charge in [0.15, 0.2) is 5.60 Å². The molecule has 1 amide bonds. The van der Waals surface area contributed by atoms with Crippen molar-refractivity contribution >= 4 is 11.7 Å². The highest BCUT2D eigenvalue weighted by molar-refractivity contribution is 5.86. The Bertz CT molecular complexity index is 851. The van der Waals surface area contributed by atoms with Crippen molar-refractivity contribution in [2.45, 2.75) is 31.8 Å². The Morgan fingerprint density at radius 1 is 1.00 bits per heavy atom. The van der Waals surface area contributed by atoms with Gasteiger partial charge in [0.2, 0.25) is 0 Å². The van der Waals surface area contributed by atoms with Crippen molar-refractivity contribution in [3.05, 3.63) is 59.8 Å². The van der Waals surface area contributed by atoms with E-state index in [2.05, 4.69) is 26.9 Å². The Kier molecular flexibility index (Phi) is 6.35. The summed E-state index contributed by atoms with van der Waals surface area (Å²) in [5, 5.41) is 11.2. The predicted octanol–water partition coefficient (Wildman–Crippen LogP) is 2.11. The molecule has 2 fully saturated rings. The van der Waals surface area contributed by atoms with Crippen LogP contribution in [0.2, 0.25) is 0 Å².